The fourth-order valence-electron chi connectivity index (χ4n) is 1.17. The first-order valence-corrected chi connectivity index (χ1v) is 5.95. The monoisotopic (exact) mass is 275 g/mol. The number of nitrogens with one attached hydrogen (secondary N) is 3. The molecular weight excluding hydrogens is 262 g/mol. The third-order valence-electron chi connectivity index (χ3n) is 2.03. The van der Waals surface area contributed by atoms with E-state index in [9.17, 15) is 14.4 Å². The Labute approximate surface area is 106 Å². The molecule has 0 aliphatic rings. The Bertz CT molecular complexity index is 469. The molecule has 0 spiro atoms. The third-order valence-corrected chi connectivity index (χ3v) is 2.75. The van der Waals surface area contributed by atoms with Gasteiger partial charge in [0.15, 0.2) is 0 Å². The lowest BCUT2D eigenvalue weighted by Crippen LogP contribution is -2.46. The lowest BCUT2D eigenvalue weighted by atomic mass is 10.2. The van der Waals surface area contributed by atoms with Gasteiger partial charge in [-0.05, 0) is 0 Å². The number of carboxylic acids is 1. The van der Waals surface area contributed by atoms with Crippen molar-refractivity contribution >= 4 is 23.3 Å². The van der Waals surface area contributed by atoms with Crippen LogP contribution in [-0.2, 0) is 11.3 Å². The molecule has 100 valence electrons. The summed E-state index contributed by atoms with van der Waals surface area (Å²) in [6, 6.07) is -1.82. The molecule has 0 aliphatic heterocycles. The molecule has 1 aromatic rings. The number of urea groups is 1. The molecule has 0 bridgehead atoms. The molecule has 1 aromatic heterocycles. The number of aliphatic hydroxyl groups is 1. The maximum atomic E-state index is 11.4. The minimum atomic E-state index is -1.22. The first-order valence-electron chi connectivity index (χ1n) is 5.07. The van der Waals surface area contributed by atoms with E-state index in [1.165, 1.54) is 0 Å². The van der Waals surface area contributed by atoms with Crippen LogP contribution in [-0.4, -0.2) is 39.8 Å². The number of carbonyl (C=O) groups excluding carboxylic acids is 1. The highest BCUT2D eigenvalue weighted by Crippen LogP contribution is 1.95. The maximum absolute atomic E-state index is 11.4. The van der Waals surface area contributed by atoms with Crippen LogP contribution in [0.15, 0.2) is 10.2 Å². The largest absolute Gasteiger partial charge is 0.480 e. The van der Waals surface area contributed by atoms with E-state index in [0.29, 0.717) is 5.69 Å². The minimum Gasteiger partial charge on any atom is -0.480 e. The number of H-pyrrole nitrogens is 1. The van der Waals surface area contributed by atoms with Crippen molar-refractivity contribution in [3.8, 4) is 0 Å². The fourth-order valence-corrected chi connectivity index (χ4v) is 1.75. The summed E-state index contributed by atoms with van der Waals surface area (Å²) in [7, 11) is 0. The number of amides is 2. The van der Waals surface area contributed by atoms with Crippen LogP contribution in [0, 0.1) is 0 Å². The summed E-state index contributed by atoms with van der Waals surface area (Å²) >= 11 is 0.973. The zero-order chi connectivity index (χ0) is 13.5. The second-order valence-corrected chi connectivity index (χ2v) is 4.25. The van der Waals surface area contributed by atoms with Crippen molar-refractivity contribution in [3.63, 3.8) is 0 Å². The van der Waals surface area contributed by atoms with Crippen molar-refractivity contribution in [1.82, 2.24) is 15.6 Å². The first kappa shape index (κ1) is 14.2. The summed E-state index contributed by atoms with van der Waals surface area (Å²) in [6.07, 6.45) is -0.0714. The van der Waals surface area contributed by atoms with Gasteiger partial charge in [0.1, 0.15) is 6.04 Å². The molecule has 0 radical (unpaired) electrons. The summed E-state index contributed by atoms with van der Waals surface area (Å²) < 4.78 is 0. The Hall–Kier alpha value is -1.87. The van der Waals surface area contributed by atoms with Crippen LogP contribution >= 0.6 is 11.3 Å². The second kappa shape index (κ2) is 6.77. The van der Waals surface area contributed by atoms with E-state index in [0.717, 1.165) is 11.3 Å². The van der Waals surface area contributed by atoms with Gasteiger partial charge in [-0.3, -0.25) is 4.79 Å². The molecule has 0 saturated carbocycles. The number of hydrogen-bond acceptors (Lipinski definition) is 5. The van der Waals surface area contributed by atoms with E-state index in [1.807, 2.05) is 0 Å². The Morgan fingerprint density at radius 1 is 1.50 bits per heavy atom. The number of aliphatic hydroxyl groups excluding tert-OH is 1. The van der Waals surface area contributed by atoms with Crippen molar-refractivity contribution in [2.75, 3.05) is 6.61 Å². The van der Waals surface area contributed by atoms with Crippen molar-refractivity contribution in [3.05, 3.63) is 20.7 Å². The van der Waals surface area contributed by atoms with Gasteiger partial charge in [-0.15, -0.1) is 0 Å². The Kier molecular flexibility index (Phi) is 5.33. The van der Waals surface area contributed by atoms with Crippen LogP contribution in [0.2, 0.25) is 0 Å². The highest BCUT2D eigenvalue weighted by atomic mass is 32.1. The van der Waals surface area contributed by atoms with Gasteiger partial charge in [-0.2, -0.15) is 0 Å². The molecule has 9 heteroatoms. The van der Waals surface area contributed by atoms with Crippen LogP contribution < -0.4 is 15.5 Å². The summed E-state index contributed by atoms with van der Waals surface area (Å²) in [5.41, 5.74) is 0.536. The zero-order valence-electron chi connectivity index (χ0n) is 9.30. The third kappa shape index (κ3) is 4.55. The zero-order valence-corrected chi connectivity index (χ0v) is 10.1. The molecule has 2 amide bonds. The Morgan fingerprint density at radius 3 is 2.72 bits per heavy atom. The van der Waals surface area contributed by atoms with E-state index in [-0.39, 0.29) is 24.4 Å². The first-order chi connectivity index (χ1) is 8.52. The smallest absolute Gasteiger partial charge is 0.326 e. The summed E-state index contributed by atoms with van der Waals surface area (Å²) in [5.74, 6) is -1.22. The van der Waals surface area contributed by atoms with Crippen molar-refractivity contribution in [2.24, 2.45) is 0 Å². The van der Waals surface area contributed by atoms with Gasteiger partial charge in [0, 0.05) is 24.1 Å². The summed E-state index contributed by atoms with van der Waals surface area (Å²) in [6.45, 7) is -0.245. The molecule has 1 atom stereocenters. The van der Waals surface area contributed by atoms with Crippen LogP contribution in [0.3, 0.4) is 0 Å². The lowest BCUT2D eigenvalue weighted by Gasteiger charge is -2.13. The maximum Gasteiger partial charge on any atom is 0.326 e. The molecule has 5 N–H and O–H groups in total. The predicted molar refractivity (Wildman–Crippen MR) is 63.4 cm³/mol. The van der Waals surface area contributed by atoms with E-state index in [1.54, 1.807) is 5.38 Å². The molecular formula is C9H13N3O5S. The number of carbonyl (C=O) groups is 2. The predicted octanol–water partition coefficient (Wildman–Crippen LogP) is -0.929. The summed E-state index contributed by atoms with van der Waals surface area (Å²) in [5, 5.41) is 23.5. The van der Waals surface area contributed by atoms with Gasteiger partial charge in [0.25, 0.3) is 0 Å². The Balaban J connectivity index is 2.40. The van der Waals surface area contributed by atoms with Crippen LogP contribution in [0.1, 0.15) is 12.1 Å². The topological polar surface area (TPSA) is 132 Å². The average Bonchev–Trinajstić information content (AvgIpc) is 2.72. The molecule has 1 rings (SSSR count). The fraction of sp³-hybridized carbons (Fsp3) is 0.444. The minimum absolute atomic E-state index is 0.0714. The highest BCUT2D eigenvalue weighted by Gasteiger charge is 2.18. The molecule has 0 unspecified atom stereocenters. The number of thiazole rings is 1. The van der Waals surface area contributed by atoms with Gasteiger partial charge < -0.3 is 25.8 Å². The van der Waals surface area contributed by atoms with Crippen molar-refractivity contribution in [1.29, 1.82) is 0 Å². The van der Waals surface area contributed by atoms with E-state index >= 15 is 0 Å². The SMILES string of the molecule is O=C(NCc1csc(=O)[nH]1)N[C@@H](CCO)C(=O)O. The highest BCUT2D eigenvalue weighted by molar-refractivity contribution is 7.07. The number of aromatic nitrogens is 1. The molecule has 1 heterocycles. The van der Waals surface area contributed by atoms with E-state index < -0.39 is 18.0 Å². The Morgan fingerprint density at radius 2 is 2.22 bits per heavy atom. The molecule has 8 nitrogen and oxygen atoms in total. The normalized spacial score (nSPS) is 11.8. The molecule has 0 aliphatic carbocycles. The van der Waals surface area contributed by atoms with Crippen molar-refractivity contribution in [2.45, 2.75) is 19.0 Å². The second-order valence-electron chi connectivity index (χ2n) is 3.40. The van der Waals surface area contributed by atoms with Gasteiger partial charge in [0.05, 0.1) is 6.54 Å². The standard InChI is InChI=1S/C9H13N3O5S/c13-2-1-6(7(14)15)12-8(16)10-3-5-4-18-9(17)11-5/h4,6,13H,1-3H2,(H,11,17)(H,14,15)(H2,10,12,16)/t6-/m0/s1. The molecule has 0 fully saturated rings. The van der Waals surface area contributed by atoms with Gasteiger partial charge in [-0.25, -0.2) is 9.59 Å². The van der Waals surface area contributed by atoms with Gasteiger partial charge >= 0.3 is 16.9 Å². The number of hydrogen-bond donors (Lipinski definition) is 5. The quantitative estimate of drug-likeness (QED) is 0.457. The molecule has 0 aromatic carbocycles. The van der Waals surface area contributed by atoms with Gasteiger partial charge in [-0.1, -0.05) is 11.3 Å². The van der Waals surface area contributed by atoms with Crippen LogP contribution in [0.4, 0.5) is 4.79 Å². The van der Waals surface area contributed by atoms with Crippen LogP contribution in [0.25, 0.3) is 0 Å². The number of carboxylic acid groups (broad SMARTS) is 1. The number of aromatic amines is 1. The van der Waals surface area contributed by atoms with Crippen LogP contribution in [0.5, 0.6) is 0 Å². The molecule has 0 saturated heterocycles. The summed E-state index contributed by atoms with van der Waals surface area (Å²) in [4.78, 5) is 35.1. The van der Waals surface area contributed by atoms with E-state index in [2.05, 4.69) is 15.6 Å². The number of rotatable bonds is 6. The van der Waals surface area contributed by atoms with E-state index in [4.69, 9.17) is 10.2 Å². The van der Waals surface area contributed by atoms with Crippen molar-refractivity contribution < 1.29 is 19.8 Å². The average molecular weight is 275 g/mol. The van der Waals surface area contributed by atoms with Gasteiger partial charge in [0.2, 0.25) is 0 Å². The molecule has 18 heavy (non-hydrogen) atoms. The lowest BCUT2D eigenvalue weighted by molar-refractivity contribution is -0.139. The number of aliphatic carboxylic acids is 1.